The third-order valence-corrected chi connectivity index (χ3v) is 4.18. The van der Waals surface area contributed by atoms with Crippen LogP contribution >= 0.6 is 11.3 Å². The number of furan rings is 1. The molecule has 2 N–H and O–H groups in total. The molecule has 2 amide bonds. The first kappa shape index (κ1) is 18.1. The number of ether oxygens (including phenoxy) is 1. The van der Waals surface area contributed by atoms with E-state index in [9.17, 15) is 24.5 Å². The molecule has 0 radical (unpaired) electrons. The zero-order chi connectivity index (χ0) is 18.6. The van der Waals surface area contributed by atoms with Gasteiger partial charge in [0.25, 0.3) is 5.91 Å². The second kappa shape index (κ2) is 7.57. The Hall–Kier alpha value is -3.21. The molecule has 0 aliphatic carbocycles. The van der Waals surface area contributed by atoms with Crippen LogP contribution in [0.1, 0.15) is 33.4 Å². The maximum Gasteiger partial charge on any atom is 0.433 e. The van der Waals surface area contributed by atoms with Crippen molar-refractivity contribution in [3.05, 3.63) is 39.1 Å². The maximum atomic E-state index is 12.2. The van der Waals surface area contributed by atoms with Crippen molar-refractivity contribution in [2.24, 2.45) is 0 Å². The van der Waals surface area contributed by atoms with Crippen molar-refractivity contribution in [2.45, 2.75) is 13.8 Å². The lowest BCUT2D eigenvalue weighted by atomic mass is 10.2. The summed E-state index contributed by atoms with van der Waals surface area (Å²) >= 11 is 0.950. The van der Waals surface area contributed by atoms with Crippen molar-refractivity contribution in [3.8, 4) is 0 Å². The summed E-state index contributed by atoms with van der Waals surface area (Å²) in [7, 11) is 0. The van der Waals surface area contributed by atoms with Crippen molar-refractivity contribution in [3.63, 3.8) is 0 Å². The summed E-state index contributed by atoms with van der Waals surface area (Å²) in [5, 5.41) is 16.0. The van der Waals surface area contributed by atoms with Crippen LogP contribution in [0.4, 0.5) is 15.9 Å². The Kier molecular flexibility index (Phi) is 5.49. The molecular weight excluding hydrogens is 354 g/mol. The number of carbonyl (C=O) groups excluding carboxylic acids is 3. The fraction of sp³-hybridized carbons (Fsp3) is 0.214. The highest BCUT2D eigenvalue weighted by molar-refractivity contribution is 7.21. The number of rotatable bonds is 7. The summed E-state index contributed by atoms with van der Waals surface area (Å²) in [6.07, 6.45) is 0.440. The Balaban J connectivity index is 2.34. The molecule has 2 rings (SSSR count). The van der Waals surface area contributed by atoms with Gasteiger partial charge in [0, 0.05) is 5.56 Å². The maximum absolute atomic E-state index is 12.2. The predicted octanol–water partition coefficient (Wildman–Crippen LogP) is 2.56. The molecule has 25 heavy (non-hydrogen) atoms. The average molecular weight is 367 g/mol. The molecule has 2 aromatic heterocycles. The Morgan fingerprint density at radius 2 is 2.12 bits per heavy atom. The van der Waals surface area contributed by atoms with Gasteiger partial charge >= 0.3 is 11.9 Å². The molecule has 0 bridgehead atoms. The second-order valence-corrected chi connectivity index (χ2v) is 5.61. The standard InChI is InChI=1S/C14H13N3O7S/c1-3-23-14(20)10-7(2)12(15-6-18)25-13(10)16-11(19)8-4-5-9(24-8)17(21)22/h4-6H,3H2,1-2H3,(H,15,18)(H,16,19). The smallest absolute Gasteiger partial charge is 0.433 e. The van der Waals surface area contributed by atoms with Crippen LogP contribution in [-0.2, 0) is 9.53 Å². The molecule has 132 valence electrons. The van der Waals surface area contributed by atoms with Crippen LogP contribution in [0, 0.1) is 17.0 Å². The van der Waals surface area contributed by atoms with E-state index in [-0.39, 0.29) is 22.9 Å². The second-order valence-electron chi connectivity index (χ2n) is 4.59. The Labute approximate surface area is 144 Å². The van der Waals surface area contributed by atoms with E-state index in [2.05, 4.69) is 10.6 Å². The van der Waals surface area contributed by atoms with Gasteiger partial charge < -0.3 is 19.8 Å². The van der Waals surface area contributed by atoms with E-state index in [1.54, 1.807) is 13.8 Å². The van der Waals surface area contributed by atoms with Gasteiger partial charge in [0.05, 0.1) is 18.2 Å². The Morgan fingerprint density at radius 1 is 1.40 bits per heavy atom. The quantitative estimate of drug-likeness (QED) is 0.331. The van der Waals surface area contributed by atoms with Crippen LogP contribution in [0.25, 0.3) is 0 Å². The van der Waals surface area contributed by atoms with Gasteiger partial charge in [0.1, 0.15) is 14.9 Å². The third-order valence-electron chi connectivity index (χ3n) is 3.04. The van der Waals surface area contributed by atoms with E-state index < -0.39 is 22.7 Å². The summed E-state index contributed by atoms with van der Waals surface area (Å²) in [4.78, 5) is 44.8. The van der Waals surface area contributed by atoms with Crippen LogP contribution in [-0.4, -0.2) is 29.8 Å². The lowest BCUT2D eigenvalue weighted by Crippen LogP contribution is -2.14. The normalized spacial score (nSPS) is 10.2. The van der Waals surface area contributed by atoms with E-state index in [0.717, 1.165) is 23.5 Å². The van der Waals surface area contributed by atoms with Crippen LogP contribution in [0.15, 0.2) is 16.5 Å². The fourth-order valence-corrected chi connectivity index (χ4v) is 3.00. The van der Waals surface area contributed by atoms with Gasteiger partial charge in [0.15, 0.2) is 5.76 Å². The highest BCUT2D eigenvalue weighted by Gasteiger charge is 2.25. The SMILES string of the molecule is CCOC(=O)c1c(NC(=O)c2ccc([N+](=O)[O-])o2)sc(NC=O)c1C. The van der Waals surface area contributed by atoms with Gasteiger partial charge in [-0.05, 0) is 19.9 Å². The molecule has 0 saturated carbocycles. The number of nitrogens with zero attached hydrogens (tertiary/aromatic N) is 1. The van der Waals surface area contributed by atoms with E-state index in [0.29, 0.717) is 17.0 Å². The fourth-order valence-electron chi connectivity index (χ4n) is 1.95. The molecule has 0 unspecified atom stereocenters. The first-order chi connectivity index (χ1) is 11.9. The zero-order valence-corrected chi connectivity index (χ0v) is 14.0. The summed E-state index contributed by atoms with van der Waals surface area (Å²) in [6.45, 7) is 3.34. The number of anilines is 2. The number of nitrogens with one attached hydrogen (secondary N) is 2. The zero-order valence-electron chi connectivity index (χ0n) is 13.2. The predicted molar refractivity (Wildman–Crippen MR) is 88.0 cm³/mol. The first-order valence-electron chi connectivity index (χ1n) is 6.95. The Bertz CT molecular complexity index is 840. The molecule has 0 aliphatic rings. The average Bonchev–Trinajstić information content (AvgIpc) is 3.14. The topological polar surface area (TPSA) is 141 Å². The van der Waals surface area contributed by atoms with Gasteiger partial charge in [0.2, 0.25) is 6.41 Å². The molecule has 11 heteroatoms. The summed E-state index contributed by atoms with van der Waals surface area (Å²) in [6, 6.07) is 2.18. The highest BCUT2D eigenvalue weighted by atomic mass is 32.1. The summed E-state index contributed by atoms with van der Waals surface area (Å²) < 4.78 is 9.77. The number of amides is 2. The molecule has 0 atom stereocenters. The van der Waals surface area contributed by atoms with Crippen LogP contribution in [0.2, 0.25) is 0 Å². The summed E-state index contributed by atoms with van der Waals surface area (Å²) in [5.41, 5.74) is 0.516. The lowest BCUT2D eigenvalue weighted by Gasteiger charge is -2.05. The lowest BCUT2D eigenvalue weighted by molar-refractivity contribution is -0.402. The van der Waals surface area contributed by atoms with E-state index in [4.69, 9.17) is 9.15 Å². The molecule has 0 aliphatic heterocycles. The minimum absolute atomic E-state index is 0.0885. The minimum atomic E-state index is -0.780. The number of thiophene rings is 1. The third kappa shape index (κ3) is 3.83. The monoisotopic (exact) mass is 367 g/mol. The highest BCUT2D eigenvalue weighted by Crippen LogP contribution is 2.37. The van der Waals surface area contributed by atoms with Crippen molar-refractivity contribution in [2.75, 3.05) is 17.2 Å². The first-order valence-corrected chi connectivity index (χ1v) is 7.76. The molecule has 0 fully saturated rings. The molecule has 2 aromatic rings. The van der Waals surface area contributed by atoms with Gasteiger partial charge in [-0.25, -0.2) is 4.79 Å². The van der Waals surface area contributed by atoms with Crippen molar-refractivity contribution < 1.29 is 28.5 Å². The molecule has 0 saturated heterocycles. The van der Waals surface area contributed by atoms with Crippen LogP contribution < -0.4 is 10.6 Å². The van der Waals surface area contributed by atoms with Gasteiger partial charge in [-0.1, -0.05) is 11.3 Å². The number of hydrogen-bond acceptors (Lipinski definition) is 8. The molecule has 0 spiro atoms. The number of hydrogen-bond donors (Lipinski definition) is 2. The summed E-state index contributed by atoms with van der Waals surface area (Å²) in [5.74, 6) is -2.33. The van der Waals surface area contributed by atoms with Crippen molar-refractivity contribution in [1.29, 1.82) is 0 Å². The van der Waals surface area contributed by atoms with Gasteiger partial charge in [-0.2, -0.15) is 0 Å². The molecular formula is C14H13N3O7S. The van der Waals surface area contributed by atoms with Crippen LogP contribution in [0.3, 0.4) is 0 Å². The van der Waals surface area contributed by atoms with Crippen molar-refractivity contribution in [1.82, 2.24) is 0 Å². The largest absolute Gasteiger partial charge is 0.462 e. The Morgan fingerprint density at radius 3 is 2.68 bits per heavy atom. The van der Waals surface area contributed by atoms with E-state index >= 15 is 0 Å². The number of carbonyl (C=O) groups is 3. The molecule has 10 nitrogen and oxygen atoms in total. The number of nitro groups is 1. The minimum Gasteiger partial charge on any atom is -0.462 e. The van der Waals surface area contributed by atoms with E-state index in [1.165, 1.54) is 0 Å². The number of esters is 1. The molecule has 0 aromatic carbocycles. The van der Waals surface area contributed by atoms with E-state index in [1.807, 2.05) is 0 Å². The van der Waals surface area contributed by atoms with Gasteiger partial charge in [-0.15, -0.1) is 0 Å². The van der Waals surface area contributed by atoms with Crippen LogP contribution in [0.5, 0.6) is 0 Å². The van der Waals surface area contributed by atoms with Crippen molar-refractivity contribution >= 4 is 45.5 Å². The molecule has 2 heterocycles. The van der Waals surface area contributed by atoms with Gasteiger partial charge in [-0.3, -0.25) is 19.7 Å².